The molecule has 308 valence electrons. The highest BCUT2D eigenvalue weighted by Crippen LogP contribution is 2.49. The van der Waals surface area contributed by atoms with E-state index < -0.39 is 21.7 Å². The standard InChI is InChI=1S/C50H60O8/c1-3-5-7-9-11-13-15-17-19-21-27-57-43-31-35-41(55)29-33-37(51)23-25-39(53)45(33)47(35)50-48-36(42(56)30-34-38(52)24-26-40(54)46(34)48)32-44(49(43)50)58-28-22-20-18-16-14-12-10-8-6-4-2/h23-26,29-32,55-56H,3-22,27-28H2,1-2H3. The van der Waals surface area contributed by atoms with E-state index in [1.807, 2.05) is 0 Å². The Morgan fingerprint density at radius 1 is 0.362 bits per heavy atom. The molecule has 6 rings (SSSR count). The van der Waals surface area contributed by atoms with Crippen molar-refractivity contribution < 1.29 is 19.7 Å². The highest BCUT2D eigenvalue weighted by Gasteiger charge is 2.25. The van der Waals surface area contributed by atoms with Crippen molar-refractivity contribution in [2.75, 3.05) is 13.2 Å². The van der Waals surface area contributed by atoms with E-state index >= 15 is 0 Å². The van der Waals surface area contributed by atoms with Crippen LogP contribution in [0.25, 0.3) is 53.9 Å². The minimum atomic E-state index is -0.446. The Bertz CT molecular complexity index is 2390. The van der Waals surface area contributed by atoms with Crippen molar-refractivity contribution in [1.29, 1.82) is 0 Å². The Hall–Kier alpha value is -4.98. The van der Waals surface area contributed by atoms with Gasteiger partial charge in [0.25, 0.3) is 0 Å². The second-order valence-corrected chi connectivity index (χ2v) is 16.2. The Kier molecular flexibility index (Phi) is 15.2. The first kappa shape index (κ1) is 42.6. The fraction of sp³-hybridized carbons (Fsp3) is 0.480. The first-order valence-corrected chi connectivity index (χ1v) is 22.0. The lowest BCUT2D eigenvalue weighted by molar-refractivity contribution is 0.297. The molecule has 0 spiro atoms. The summed E-state index contributed by atoms with van der Waals surface area (Å²) < 4.78 is 13.2. The highest BCUT2D eigenvalue weighted by molar-refractivity contribution is 6.35. The molecule has 0 bridgehead atoms. The maximum Gasteiger partial charge on any atom is 0.187 e. The van der Waals surface area contributed by atoms with E-state index in [1.54, 1.807) is 12.1 Å². The predicted octanol–water partition coefficient (Wildman–Crippen LogP) is 11.8. The van der Waals surface area contributed by atoms with E-state index in [1.165, 1.54) is 126 Å². The molecule has 58 heavy (non-hydrogen) atoms. The number of hydrogen-bond acceptors (Lipinski definition) is 8. The van der Waals surface area contributed by atoms with Gasteiger partial charge in [0.2, 0.25) is 0 Å². The van der Waals surface area contributed by atoms with E-state index in [0.717, 1.165) is 38.5 Å². The Labute approximate surface area is 340 Å². The number of unbranched alkanes of at least 4 members (excludes halogenated alkanes) is 18. The largest absolute Gasteiger partial charge is 0.507 e. The number of phenols is 2. The molecule has 0 aromatic heterocycles. The minimum absolute atomic E-state index is 0.0268. The van der Waals surface area contributed by atoms with Gasteiger partial charge in [0.1, 0.15) is 23.0 Å². The summed E-state index contributed by atoms with van der Waals surface area (Å²) in [4.78, 5) is 54.1. The summed E-state index contributed by atoms with van der Waals surface area (Å²) in [5.74, 6) is 0.274. The van der Waals surface area contributed by atoms with Gasteiger partial charge in [-0.15, -0.1) is 0 Å². The van der Waals surface area contributed by atoms with Gasteiger partial charge in [-0.2, -0.15) is 0 Å². The summed E-state index contributed by atoms with van der Waals surface area (Å²) in [6.07, 6.45) is 23.3. The average Bonchev–Trinajstić information content (AvgIpc) is 3.21. The number of rotatable bonds is 24. The molecule has 0 saturated carbocycles. The third-order valence-electron chi connectivity index (χ3n) is 11.8. The molecule has 0 aliphatic carbocycles. The van der Waals surface area contributed by atoms with Crippen LogP contribution in [0.1, 0.15) is 142 Å². The SMILES string of the molecule is CCCCCCCCCCCCOc1cc2c(O)cc3c(=O)ccc(=O)c3c2c2c1c(OCCCCCCCCCCCC)cc1c(O)cc3c(=O)ccc(=O)c3c12. The predicted molar refractivity (Wildman–Crippen MR) is 239 cm³/mol. The number of ether oxygens (including phenoxy) is 2. The molecule has 0 aliphatic heterocycles. The van der Waals surface area contributed by atoms with Crippen molar-refractivity contribution in [3.8, 4) is 23.0 Å². The first-order valence-electron chi connectivity index (χ1n) is 22.0. The third-order valence-corrected chi connectivity index (χ3v) is 11.8. The number of fused-ring (bicyclic) bond motifs is 9. The van der Waals surface area contributed by atoms with Crippen molar-refractivity contribution >= 4 is 53.9 Å². The molecular formula is C50H60O8. The molecule has 0 saturated heterocycles. The number of hydrogen-bond donors (Lipinski definition) is 2. The van der Waals surface area contributed by atoms with Crippen molar-refractivity contribution in [2.45, 2.75) is 142 Å². The fourth-order valence-corrected chi connectivity index (χ4v) is 8.65. The molecule has 0 aliphatic rings. The van der Waals surface area contributed by atoms with Crippen LogP contribution in [0, 0.1) is 0 Å². The lowest BCUT2D eigenvalue weighted by Crippen LogP contribution is -2.11. The summed E-state index contributed by atoms with van der Waals surface area (Å²) in [6, 6.07) is 10.8. The molecule has 8 nitrogen and oxygen atoms in total. The van der Waals surface area contributed by atoms with Crippen molar-refractivity contribution in [2.24, 2.45) is 0 Å². The normalized spacial score (nSPS) is 11.8. The van der Waals surface area contributed by atoms with Gasteiger partial charge in [0.05, 0.1) is 18.6 Å². The van der Waals surface area contributed by atoms with E-state index in [2.05, 4.69) is 13.8 Å². The van der Waals surface area contributed by atoms with E-state index in [4.69, 9.17) is 9.47 Å². The monoisotopic (exact) mass is 788 g/mol. The minimum Gasteiger partial charge on any atom is -0.507 e. The molecule has 0 heterocycles. The van der Waals surface area contributed by atoms with Crippen LogP contribution in [0.4, 0.5) is 0 Å². The molecule has 2 N–H and O–H groups in total. The second kappa shape index (κ2) is 20.6. The summed E-state index contributed by atoms with van der Waals surface area (Å²) in [5, 5.41) is 25.0. The molecule has 0 fully saturated rings. The molecular weight excluding hydrogens is 729 g/mol. The molecule has 6 aromatic carbocycles. The molecule has 0 unspecified atom stereocenters. The van der Waals surface area contributed by atoms with Gasteiger partial charge in [-0.1, -0.05) is 129 Å². The summed E-state index contributed by atoms with van der Waals surface area (Å²) in [7, 11) is 0. The van der Waals surface area contributed by atoms with Gasteiger partial charge in [-0.3, -0.25) is 19.2 Å². The highest BCUT2D eigenvalue weighted by atomic mass is 16.5. The van der Waals surface area contributed by atoms with Crippen molar-refractivity contribution in [3.63, 3.8) is 0 Å². The number of phenolic OH excluding ortho intramolecular Hbond substituents is 2. The second-order valence-electron chi connectivity index (χ2n) is 16.2. The third kappa shape index (κ3) is 9.65. The zero-order valence-electron chi connectivity index (χ0n) is 34.5. The molecule has 0 amide bonds. The first-order chi connectivity index (χ1) is 28.3. The van der Waals surface area contributed by atoms with Crippen molar-refractivity contribution in [1.82, 2.24) is 0 Å². The van der Waals surface area contributed by atoms with E-state index in [-0.39, 0.29) is 54.6 Å². The molecule has 6 aromatic rings. The van der Waals surface area contributed by atoms with Crippen LogP contribution in [0.2, 0.25) is 0 Å². The Balaban J connectivity index is 1.44. The lowest BCUT2D eigenvalue weighted by atomic mass is 9.88. The summed E-state index contributed by atoms with van der Waals surface area (Å²) in [5.41, 5.74) is -1.78. The van der Waals surface area contributed by atoms with Crippen LogP contribution in [0.15, 0.2) is 67.7 Å². The maximum atomic E-state index is 13.8. The summed E-state index contributed by atoms with van der Waals surface area (Å²) >= 11 is 0. The quantitative estimate of drug-likeness (QED) is 0.0458. The van der Waals surface area contributed by atoms with Crippen LogP contribution in [-0.2, 0) is 0 Å². The maximum absolute atomic E-state index is 13.8. The zero-order valence-corrected chi connectivity index (χ0v) is 34.5. The topological polar surface area (TPSA) is 127 Å². The van der Waals surface area contributed by atoms with Gasteiger partial charge in [-0.05, 0) is 61.4 Å². The number of benzene rings is 6. The van der Waals surface area contributed by atoms with Crippen LogP contribution in [0.3, 0.4) is 0 Å². The fourth-order valence-electron chi connectivity index (χ4n) is 8.65. The van der Waals surface area contributed by atoms with Crippen LogP contribution >= 0.6 is 0 Å². The van der Waals surface area contributed by atoms with Gasteiger partial charge in [-0.25, -0.2) is 0 Å². The van der Waals surface area contributed by atoms with E-state index in [0.29, 0.717) is 35.5 Å². The zero-order chi connectivity index (χ0) is 41.0. The molecule has 8 heteroatoms. The van der Waals surface area contributed by atoms with Crippen LogP contribution < -0.4 is 31.2 Å². The van der Waals surface area contributed by atoms with Gasteiger partial charge in [0.15, 0.2) is 21.7 Å². The smallest absolute Gasteiger partial charge is 0.187 e. The van der Waals surface area contributed by atoms with Crippen LogP contribution in [0.5, 0.6) is 23.0 Å². The van der Waals surface area contributed by atoms with Gasteiger partial charge < -0.3 is 19.7 Å². The van der Waals surface area contributed by atoms with Gasteiger partial charge >= 0.3 is 0 Å². The average molecular weight is 789 g/mol. The van der Waals surface area contributed by atoms with Crippen LogP contribution in [-0.4, -0.2) is 23.4 Å². The molecule has 0 atom stereocenters. The van der Waals surface area contributed by atoms with Gasteiger partial charge in [0, 0.05) is 48.5 Å². The van der Waals surface area contributed by atoms with E-state index in [9.17, 15) is 29.4 Å². The summed E-state index contributed by atoms with van der Waals surface area (Å²) in [6.45, 7) is 5.20. The van der Waals surface area contributed by atoms with Crippen molar-refractivity contribution in [3.05, 3.63) is 89.4 Å². The lowest BCUT2D eigenvalue weighted by Gasteiger charge is -2.20. The Morgan fingerprint density at radius 3 is 1.05 bits per heavy atom. The molecule has 0 radical (unpaired) electrons. The Morgan fingerprint density at radius 2 is 0.690 bits per heavy atom. The number of aromatic hydroxyl groups is 2.